The summed E-state index contributed by atoms with van der Waals surface area (Å²) in [5.74, 6) is 6.45. The standard InChI is InChI=1S/C14H20BrN3/c1-10-9-11(15)7-8-13(10)14(18-16)17-12-5-3-2-4-6-12/h7-9,12H,2-6,16H2,1H3,(H,17,18). The summed E-state index contributed by atoms with van der Waals surface area (Å²) in [6.07, 6.45) is 6.27. The Morgan fingerprint density at radius 3 is 2.67 bits per heavy atom. The maximum absolute atomic E-state index is 5.64. The average Bonchev–Trinajstić information content (AvgIpc) is 2.38. The van der Waals surface area contributed by atoms with Gasteiger partial charge in [-0.05, 0) is 43.5 Å². The van der Waals surface area contributed by atoms with E-state index in [1.165, 1.54) is 37.7 Å². The van der Waals surface area contributed by atoms with E-state index in [0.29, 0.717) is 6.04 Å². The van der Waals surface area contributed by atoms with Gasteiger partial charge in [-0.25, -0.2) is 5.84 Å². The van der Waals surface area contributed by atoms with Crippen molar-refractivity contribution in [3.63, 3.8) is 0 Å². The van der Waals surface area contributed by atoms with E-state index in [4.69, 9.17) is 10.8 Å². The minimum Gasteiger partial charge on any atom is -0.308 e. The Hall–Kier alpha value is -0.870. The van der Waals surface area contributed by atoms with Crippen LogP contribution in [0.1, 0.15) is 43.2 Å². The van der Waals surface area contributed by atoms with Crippen molar-refractivity contribution in [2.24, 2.45) is 10.8 Å². The van der Waals surface area contributed by atoms with Crippen LogP contribution < -0.4 is 11.3 Å². The SMILES string of the molecule is Cc1cc(Br)ccc1C(=NC1CCCCC1)NN. The molecule has 1 aromatic carbocycles. The van der Waals surface area contributed by atoms with Crippen molar-refractivity contribution in [2.45, 2.75) is 45.1 Å². The Balaban J connectivity index is 2.23. The Morgan fingerprint density at radius 2 is 2.06 bits per heavy atom. The summed E-state index contributed by atoms with van der Waals surface area (Å²) in [5.41, 5.74) is 5.03. The lowest BCUT2D eigenvalue weighted by molar-refractivity contribution is 0.442. The van der Waals surface area contributed by atoms with Gasteiger partial charge < -0.3 is 5.43 Å². The highest BCUT2D eigenvalue weighted by molar-refractivity contribution is 9.10. The monoisotopic (exact) mass is 309 g/mol. The van der Waals surface area contributed by atoms with Crippen LogP contribution in [0.3, 0.4) is 0 Å². The summed E-state index contributed by atoms with van der Waals surface area (Å²) in [7, 11) is 0. The molecular formula is C14H20BrN3. The molecule has 3 nitrogen and oxygen atoms in total. The molecule has 0 radical (unpaired) electrons. The van der Waals surface area contributed by atoms with Gasteiger partial charge in [0.05, 0.1) is 6.04 Å². The number of amidine groups is 1. The lowest BCUT2D eigenvalue weighted by Crippen LogP contribution is -2.33. The number of hydrogen-bond donors (Lipinski definition) is 2. The van der Waals surface area contributed by atoms with Gasteiger partial charge in [0.1, 0.15) is 5.84 Å². The van der Waals surface area contributed by atoms with Crippen molar-refractivity contribution in [3.8, 4) is 0 Å². The molecule has 0 bridgehead atoms. The van der Waals surface area contributed by atoms with Crippen LogP contribution in [0, 0.1) is 6.92 Å². The molecule has 1 aromatic rings. The molecule has 0 heterocycles. The van der Waals surface area contributed by atoms with Gasteiger partial charge in [0, 0.05) is 10.0 Å². The van der Waals surface area contributed by atoms with E-state index in [0.717, 1.165) is 15.9 Å². The predicted molar refractivity (Wildman–Crippen MR) is 79.6 cm³/mol. The Labute approximate surface area is 117 Å². The van der Waals surface area contributed by atoms with E-state index in [9.17, 15) is 0 Å². The largest absolute Gasteiger partial charge is 0.308 e. The van der Waals surface area contributed by atoms with Gasteiger partial charge in [0.25, 0.3) is 0 Å². The molecule has 0 unspecified atom stereocenters. The lowest BCUT2D eigenvalue weighted by atomic mass is 9.96. The van der Waals surface area contributed by atoms with Crippen LogP contribution >= 0.6 is 15.9 Å². The van der Waals surface area contributed by atoms with Gasteiger partial charge in [0.2, 0.25) is 0 Å². The first kappa shape index (κ1) is 13.6. The average molecular weight is 310 g/mol. The molecule has 3 N–H and O–H groups in total. The van der Waals surface area contributed by atoms with Crippen molar-refractivity contribution < 1.29 is 0 Å². The molecule has 0 aliphatic heterocycles. The highest BCUT2D eigenvalue weighted by Crippen LogP contribution is 2.22. The highest BCUT2D eigenvalue weighted by Gasteiger charge is 2.14. The van der Waals surface area contributed by atoms with Crippen molar-refractivity contribution in [1.29, 1.82) is 0 Å². The number of benzene rings is 1. The quantitative estimate of drug-likeness (QED) is 0.381. The van der Waals surface area contributed by atoms with Crippen LogP contribution in [0.25, 0.3) is 0 Å². The molecule has 1 fully saturated rings. The van der Waals surface area contributed by atoms with Gasteiger partial charge in [-0.3, -0.25) is 4.99 Å². The number of nitrogens with one attached hydrogen (secondary N) is 1. The van der Waals surface area contributed by atoms with Gasteiger partial charge in [-0.2, -0.15) is 0 Å². The molecule has 0 atom stereocenters. The van der Waals surface area contributed by atoms with E-state index in [-0.39, 0.29) is 0 Å². The number of hydrazine groups is 1. The fourth-order valence-corrected chi connectivity index (χ4v) is 2.95. The van der Waals surface area contributed by atoms with Crippen molar-refractivity contribution in [1.82, 2.24) is 5.43 Å². The van der Waals surface area contributed by atoms with Crippen molar-refractivity contribution >= 4 is 21.8 Å². The van der Waals surface area contributed by atoms with Crippen LogP contribution in [-0.4, -0.2) is 11.9 Å². The molecule has 4 heteroatoms. The van der Waals surface area contributed by atoms with Crippen molar-refractivity contribution in [3.05, 3.63) is 33.8 Å². The zero-order chi connectivity index (χ0) is 13.0. The molecule has 18 heavy (non-hydrogen) atoms. The summed E-state index contributed by atoms with van der Waals surface area (Å²) in [6.45, 7) is 2.08. The maximum Gasteiger partial charge on any atom is 0.143 e. The number of halogens is 1. The molecular weight excluding hydrogens is 290 g/mol. The third-order valence-corrected chi connectivity index (χ3v) is 3.96. The molecule has 98 valence electrons. The summed E-state index contributed by atoms with van der Waals surface area (Å²) in [6, 6.07) is 6.59. The summed E-state index contributed by atoms with van der Waals surface area (Å²) in [5, 5.41) is 0. The zero-order valence-corrected chi connectivity index (χ0v) is 12.3. The second-order valence-electron chi connectivity index (χ2n) is 4.87. The van der Waals surface area contributed by atoms with Crippen molar-refractivity contribution in [2.75, 3.05) is 0 Å². The first-order valence-corrected chi connectivity index (χ1v) is 7.31. The van der Waals surface area contributed by atoms with Crippen LogP contribution in [0.15, 0.2) is 27.7 Å². The van der Waals surface area contributed by atoms with E-state index < -0.39 is 0 Å². The second-order valence-corrected chi connectivity index (χ2v) is 5.79. The molecule has 1 aliphatic carbocycles. The topological polar surface area (TPSA) is 50.4 Å². The Morgan fingerprint density at radius 1 is 1.33 bits per heavy atom. The van der Waals surface area contributed by atoms with E-state index in [2.05, 4.69) is 40.4 Å². The fourth-order valence-electron chi connectivity index (χ4n) is 2.47. The first-order valence-electron chi connectivity index (χ1n) is 6.51. The number of nitrogens with zero attached hydrogens (tertiary/aromatic N) is 1. The normalized spacial score (nSPS) is 17.8. The number of nitrogens with two attached hydrogens (primary N) is 1. The van der Waals surface area contributed by atoms with E-state index in [1.54, 1.807) is 0 Å². The summed E-state index contributed by atoms with van der Waals surface area (Å²) in [4.78, 5) is 4.78. The highest BCUT2D eigenvalue weighted by atomic mass is 79.9. The third-order valence-electron chi connectivity index (χ3n) is 3.47. The van der Waals surface area contributed by atoms with Gasteiger partial charge >= 0.3 is 0 Å². The van der Waals surface area contributed by atoms with Crippen LogP contribution in [0.4, 0.5) is 0 Å². The zero-order valence-electron chi connectivity index (χ0n) is 10.7. The Kier molecular flexibility index (Phi) is 4.78. The van der Waals surface area contributed by atoms with Crippen LogP contribution in [0.2, 0.25) is 0 Å². The van der Waals surface area contributed by atoms with Crippen LogP contribution in [-0.2, 0) is 0 Å². The minimum absolute atomic E-state index is 0.424. The molecule has 0 aromatic heterocycles. The Bertz CT molecular complexity index is 437. The number of hydrogen-bond acceptors (Lipinski definition) is 2. The molecule has 0 spiro atoms. The summed E-state index contributed by atoms with van der Waals surface area (Å²) >= 11 is 3.47. The predicted octanol–water partition coefficient (Wildman–Crippen LogP) is 3.30. The smallest absolute Gasteiger partial charge is 0.143 e. The van der Waals surface area contributed by atoms with Gasteiger partial charge in [-0.15, -0.1) is 0 Å². The number of aryl methyl sites for hydroxylation is 1. The van der Waals surface area contributed by atoms with Crippen LogP contribution in [0.5, 0.6) is 0 Å². The lowest BCUT2D eigenvalue weighted by Gasteiger charge is -2.19. The minimum atomic E-state index is 0.424. The molecule has 1 aliphatic rings. The molecule has 1 saturated carbocycles. The first-order chi connectivity index (χ1) is 8.70. The third kappa shape index (κ3) is 3.33. The van der Waals surface area contributed by atoms with E-state index in [1.807, 2.05) is 6.07 Å². The number of aliphatic imine (C=N–C) groups is 1. The van der Waals surface area contributed by atoms with E-state index >= 15 is 0 Å². The molecule has 2 rings (SSSR count). The number of rotatable bonds is 2. The second kappa shape index (κ2) is 6.34. The fraction of sp³-hybridized carbons (Fsp3) is 0.500. The van der Waals surface area contributed by atoms with Gasteiger partial charge in [-0.1, -0.05) is 35.2 Å². The van der Waals surface area contributed by atoms with Gasteiger partial charge in [0.15, 0.2) is 0 Å². The molecule has 0 amide bonds. The molecule has 0 saturated heterocycles. The summed E-state index contributed by atoms with van der Waals surface area (Å²) < 4.78 is 1.08. The maximum atomic E-state index is 5.64.